The van der Waals surface area contributed by atoms with Crippen molar-refractivity contribution in [3.05, 3.63) is 94.6 Å². The molecule has 0 bridgehead atoms. The lowest BCUT2D eigenvalue weighted by Gasteiger charge is -2.26. The van der Waals surface area contributed by atoms with E-state index in [0.717, 1.165) is 11.3 Å². The van der Waals surface area contributed by atoms with Gasteiger partial charge >= 0.3 is 5.97 Å². The van der Waals surface area contributed by atoms with Crippen LogP contribution in [0.2, 0.25) is 0 Å². The summed E-state index contributed by atoms with van der Waals surface area (Å²) in [5.74, 6) is -2.06. The van der Waals surface area contributed by atoms with Crippen LogP contribution in [-0.4, -0.2) is 49.1 Å². The maximum absolute atomic E-state index is 13.5. The summed E-state index contributed by atoms with van der Waals surface area (Å²) in [5, 5.41) is 20.6. The van der Waals surface area contributed by atoms with Crippen LogP contribution in [-0.2, 0) is 20.8 Å². The molecule has 0 saturated carbocycles. The number of hydrogen-bond acceptors (Lipinski definition) is 6. The van der Waals surface area contributed by atoms with Crippen LogP contribution in [0.3, 0.4) is 0 Å². The van der Waals surface area contributed by atoms with Crippen LogP contribution in [0.1, 0.15) is 48.1 Å². The average molecular weight is 529 g/mol. The smallest absolute Gasteiger partial charge is 0.307 e. The zero-order valence-electron chi connectivity index (χ0n) is 22.6. The van der Waals surface area contributed by atoms with Crippen LogP contribution in [0.25, 0.3) is 5.76 Å². The maximum Gasteiger partial charge on any atom is 0.307 e. The number of carboxylic acid groups (broad SMARTS) is 1. The topological polar surface area (TPSA) is 107 Å². The number of hydrogen-bond donors (Lipinski definition) is 2. The Morgan fingerprint density at radius 1 is 0.974 bits per heavy atom. The number of Topliss-reactive ketones (excluding diaryl/α,β-unsaturated/α-hetero) is 1. The first-order chi connectivity index (χ1) is 18.5. The van der Waals surface area contributed by atoms with E-state index in [1.54, 1.807) is 49.6 Å². The third kappa shape index (κ3) is 5.36. The first-order valence-electron chi connectivity index (χ1n) is 12.6. The Kier molecular flexibility index (Phi) is 7.76. The monoisotopic (exact) mass is 528 g/mol. The Morgan fingerprint density at radius 3 is 2.15 bits per heavy atom. The van der Waals surface area contributed by atoms with Crippen molar-refractivity contribution in [2.24, 2.45) is 0 Å². The highest BCUT2D eigenvalue weighted by Gasteiger charge is 2.47. The van der Waals surface area contributed by atoms with Crippen molar-refractivity contribution in [3.8, 4) is 5.75 Å². The van der Waals surface area contributed by atoms with Crippen molar-refractivity contribution in [3.63, 3.8) is 0 Å². The molecule has 1 atom stereocenters. The Balaban J connectivity index is 1.90. The number of carbonyl (C=O) groups excluding carboxylic acids is 2. The molecule has 8 nitrogen and oxygen atoms in total. The lowest BCUT2D eigenvalue weighted by atomic mass is 9.93. The van der Waals surface area contributed by atoms with Gasteiger partial charge in [0, 0.05) is 31.0 Å². The predicted octanol–water partition coefficient (Wildman–Crippen LogP) is 5.14. The van der Waals surface area contributed by atoms with Crippen LogP contribution in [0, 0.1) is 0 Å². The molecule has 39 heavy (non-hydrogen) atoms. The van der Waals surface area contributed by atoms with E-state index in [1.165, 1.54) is 4.90 Å². The molecule has 4 rings (SSSR count). The van der Waals surface area contributed by atoms with E-state index in [2.05, 4.69) is 0 Å². The number of aliphatic carboxylic acids is 1. The summed E-state index contributed by atoms with van der Waals surface area (Å²) in [6.07, 6.45) is -0.163. The van der Waals surface area contributed by atoms with Gasteiger partial charge in [-0.2, -0.15) is 0 Å². The van der Waals surface area contributed by atoms with Gasteiger partial charge in [0.2, 0.25) is 0 Å². The maximum atomic E-state index is 13.5. The molecule has 0 aromatic heterocycles. The molecule has 202 valence electrons. The van der Waals surface area contributed by atoms with Crippen LogP contribution in [0.4, 0.5) is 11.4 Å². The minimum absolute atomic E-state index is 0.0212. The van der Waals surface area contributed by atoms with Crippen LogP contribution < -0.4 is 14.5 Å². The second-order valence-electron chi connectivity index (χ2n) is 10.0. The fourth-order valence-electron chi connectivity index (χ4n) is 4.81. The number of benzene rings is 3. The first-order valence-corrected chi connectivity index (χ1v) is 12.6. The van der Waals surface area contributed by atoms with E-state index < -0.39 is 23.7 Å². The van der Waals surface area contributed by atoms with Crippen molar-refractivity contribution in [1.82, 2.24) is 0 Å². The van der Waals surface area contributed by atoms with Gasteiger partial charge < -0.3 is 19.8 Å². The molecule has 3 aromatic carbocycles. The number of nitrogens with zero attached hydrogens (tertiary/aromatic N) is 2. The van der Waals surface area contributed by atoms with E-state index >= 15 is 0 Å². The molecule has 0 spiro atoms. The predicted molar refractivity (Wildman–Crippen MR) is 150 cm³/mol. The summed E-state index contributed by atoms with van der Waals surface area (Å²) in [5.41, 5.74) is 3.81. The van der Waals surface area contributed by atoms with E-state index in [0.29, 0.717) is 28.1 Å². The van der Waals surface area contributed by atoms with Gasteiger partial charge in [0.25, 0.3) is 11.7 Å². The standard InChI is InChI=1S/C31H32N2O6/c1-18(2)24-17-21(10-15-25(24)39-5)29(36)27-28(20-8-13-22(14-9-20)32(3)4)33(31(38)30(27)37)23-11-6-19(7-12-23)16-26(34)35/h6-15,17-18,28,36H,16H2,1-5H3,(H,34,35)/b29-27-. The second-order valence-corrected chi connectivity index (χ2v) is 10.0. The molecule has 1 amide bonds. The molecule has 1 unspecified atom stereocenters. The number of aliphatic hydroxyl groups excluding tert-OH is 1. The number of rotatable bonds is 8. The molecule has 1 saturated heterocycles. The lowest BCUT2D eigenvalue weighted by molar-refractivity contribution is -0.136. The van der Waals surface area contributed by atoms with Gasteiger partial charge in [-0.05, 0) is 65.1 Å². The fourth-order valence-corrected chi connectivity index (χ4v) is 4.81. The molecule has 3 aromatic rings. The fraction of sp³-hybridized carbons (Fsp3) is 0.258. The van der Waals surface area contributed by atoms with Gasteiger partial charge in [-0.25, -0.2) is 0 Å². The van der Waals surface area contributed by atoms with Crippen molar-refractivity contribution in [2.75, 3.05) is 31.0 Å². The molecule has 8 heteroatoms. The number of ether oxygens (including phenoxy) is 1. The number of aliphatic hydroxyl groups is 1. The number of amides is 1. The number of ketones is 1. The SMILES string of the molecule is COc1ccc(/C(O)=C2/C(=O)C(=O)N(c3ccc(CC(=O)O)cc3)C2c2ccc(N(C)C)cc2)cc1C(C)C. The summed E-state index contributed by atoms with van der Waals surface area (Å²) in [4.78, 5) is 41.4. The largest absolute Gasteiger partial charge is 0.507 e. The Bertz CT molecular complexity index is 1440. The van der Waals surface area contributed by atoms with Crippen molar-refractivity contribution in [1.29, 1.82) is 0 Å². The van der Waals surface area contributed by atoms with E-state index in [4.69, 9.17) is 9.84 Å². The summed E-state index contributed by atoms with van der Waals surface area (Å²) >= 11 is 0. The highest BCUT2D eigenvalue weighted by atomic mass is 16.5. The van der Waals surface area contributed by atoms with Crippen molar-refractivity contribution >= 4 is 34.8 Å². The Hall–Kier alpha value is -4.59. The summed E-state index contributed by atoms with van der Waals surface area (Å²) in [6.45, 7) is 4.00. The zero-order chi connectivity index (χ0) is 28.4. The van der Waals surface area contributed by atoms with Gasteiger partial charge in [0.05, 0.1) is 25.1 Å². The number of carboxylic acids is 1. The van der Waals surface area contributed by atoms with Crippen LogP contribution in [0.5, 0.6) is 5.75 Å². The molecule has 1 heterocycles. The van der Waals surface area contributed by atoms with Gasteiger partial charge in [0.15, 0.2) is 0 Å². The van der Waals surface area contributed by atoms with Gasteiger partial charge in [-0.3, -0.25) is 19.3 Å². The third-order valence-electron chi connectivity index (χ3n) is 6.86. The summed E-state index contributed by atoms with van der Waals surface area (Å²) < 4.78 is 5.47. The minimum atomic E-state index is -0.968. The highest BCUT2D eigenvalue weighted by molar-refractivity contribution is 6.51. The summed E-state index contributed by atoms with van der Waals surface area (Å²) in [6, 6.07) is 18.2. The molecule has 1 aliphatic rings. The van der Waals surface area contributed by atoms with E-state index in [-0.39, 0.29) is 23.7 Å². The van der Waals surface area contributed by atoms with Crippen molar-refractivity contribution in [2.45, 2.75) is 32.2 Å². The van der Waals surface area contributed by atoms with Gasteiger partial charge in [-0.15, -0.1) is 0 Å². The molecule has 1 fully saturated rings. The molecular formula is C31H32N2O6. The first kappa shape index (κ1) is 27.4. The Labute approximate surface area is 227 Å². The average Bonchev–Trinajstić information content (AvgIpc) is 3.18. The molecule has 2 N–H and O–H groups in total. The number of methoxy groups -OCH3 is 1. The number of carbonyl (C=O) groups is 3. The van der Waals surface area contributed by atoms with Gasteiger partial charge in [0.1, 0.15) is 11.5 Å². The highest BCUT2D eigenvalue weighted by Crippen LogP contribution is 2.43. The van der Waals surface area contributed by atoms with E-state index in [9.17, 15) is 19.5 Å². The lowest BCUT2D eigenvalue weighted by Crippen LogP contribution is -2.29. The van der Waals surface area contributed by atoms with Crippen molar-refractivity contribution < 1.29 is 29.3 Å². The van der Waals surface area contributed by atoms with Crippen LogP contribution >= 0.6 is 0 Å². The molecular weight excluding hydrogens is 496 g/mol. The minimum Gasteiger partial charge on any atom is -0.507 e. The number of anilines is 2. The normalized spacial score (nSPS) is 16.6. The molecule has 1 aliphatic heterocycles. The van der Waals surface area contributed by atoms with Gasteiger partial charge in [-0.1, -0.05) is 38.1 Å². The summed E-state index contributed by atoms with van der Waals surface area (Å²) in [7, 11) is 5.40. The quantitative estimate of drug-likeness (QED) is 0.237. The molecule has 0 radical (unpaired) electrons. The Morgan fingerprint density at radius 2 is 1.62 bits per heavy atom. The van der Waals surface area contributed by atoms with Crippen LogP contribution in [0.15, 0.2) is 72.3 Å². The molecule has 0 aliphatic carbocycles. The second kappa shape index (κ2) is 11.0. The third-order valence-corrected chi connectivity index (χ3v) is 6.86. The van der Waals surface area contributed by atoms with E-state index in [1.807, 2.05) is 57.1 Å². The zero-order valence-corrected chi connectivity index (χ0v) is 22.6.